The van der Waals surface area contributed by atoms with Gasteiger partial charge in [0.1, 0.15) is 12.4 Å². The lowest BCUT2D eigenvalue weighted by Crippen LogP contribution is -2.33. The molecule has 1 aromatic carbocycles. The molecule has 2 heteroatoms. The first-order valence-electron chi connectivity index (χ1n) is 6.82. The molecule has 0 spiro atoms. The highest BCUT2D eigenvalue weighted by molar-refractivity contribution is 5.33. The fourth-order valence-corrected chi connectivity index (χ4v) is 1.63. The number of ether oxygens (including phenoxy) is 1. The zero-order chi connectivity index (χ0) is 14.3. The van der Waals surface area contributed by atoms with Gasteiger partial charge < -0.3 is 10.1 Å². The van der Waals surface area contributed by atoms with Crippen LogP contribution in [0, 0.1) is 23.7 Å². The number of nitrogens with one attached hydrogen (secondary N) is 1. The minimum absolute atomic E-state index is 0.286. The van der Waals surface area contributed by atoms with Crippen LogP contribution in [0.4, 0.5) is 0 Å². The molecule has 0 bridgehead atoms. The fourth-order valence-electron chi connectivity index (χ4n) is 1.63. The molecule has 0 aliphatic rings. The fraction of sp³-hybridized carbons (Fsp3) is 0.529. The van der Waals surface area contributed by atoms with Crippen LogP contribution in [0.15, 0.2) is 24.3 Å². The molecule has 0 radical (unpaired) electrons. The molecule has 0 aliphatic heterocycles. The van der Waals surface area contributed by atoms with E-state index in [9.17, 15) is 0 Å². The van der Waals surface area contributed by atoms with Gasteiger partial charge in [0.15, 0.2) is 0 Å². The van der Waals surface area contributed by atoms with Crippen molar-refractivity contribution in [1.82, 2.24) is 5.32 Å². The highest BCUT2D eigenvalue weighted by atomic mass is 16.5. The Morgan fingerprint density at radius 1 is 1.32 bits per heavy atom. The summed E-state index contributed by atoms with van der Waals surface area (Å²) in [6.45, 7) is 11.2. The Bertz CT molecular complexity index is 429. The first-order chi connectivity index (χ1) is 8.97. The highest BCUT2D eigenvalue weighted by Crippen LogP contribution is 2.25. The first kappa shape index (κ1) is 15.6. The summed E-state index contributed by atoms with van der Waals surface area (Å²) in [6.07, 6.45) is 5.23. The van der Waals surface area contributed by atoms with Crippen LogP contribution in [0.1, 0.15) is 33.3 Å². The zero-order valence-corrected chi connectivity index (χ0v) is 12.5. The monoisotopic (exact) mass is 259 g/mol. The second-order valence-electron chi connectivity index (χ2n) is 5.85. The topological polar surface area (TPSA) is 21.3 Å². The van der Waals surface area contributed by atoms with Crippen molar-refractivity contribution in [3.8, 4) is 18.1 Å². The van der Waals surface area contributed by atoms with Crippen LogP contribution >= 0.6 is 0 Å². The zero-order valence-electron chi connectivity index (χ0n) is 12.5. The van der Waals surface area contributed by atoms with E-state index in [2.05, 4.69) is 45.0 Å². The summed E-state index contributed by atoms with van der Waals surface area (Å²) in [5.74, 6) is 4.01. The summed E-state index contributed by atoms with van der Waals surface area (Å²) in [5.41, 5.74) is 1.44. The van der Waals surface area contributed by atoms with E-state index in [0.717, 1.165) is 24.4 Å². The summed E-state index contributed by atoms with van der Waals surface area (Å²) >= 11 is 0. The average molecular weight is 259 g/mol. The molecule has 2 nitrogen and oxygen atoms in total. The minimum atomic E-state index is 0.286. The van der Waals surface area contributed by atoms with Crippen LogP contribution in [0.5, 0.6) is 5.75 Å². The van der Waals surface area contributed by atoms with Gasteiger partial charge in [-0.25, -0.2) is 0 Å². The molecule has 0 saturated heterocycles. The normalized spacial score (nSPS) is 11.4. The molecule has 0 fully saturated rings. The Morgan fingerprint density at radius 2 is 2.00 bits per heavy atom. The SMILES string of the molecule is C#CCOc1ccccc1CNCC(C)(C)C(C)C. The number of terminal acetylenes is 1. The lowest BCUT2D eigenvalue weighted by Gasteiger charge is -2.29. The third kappa shape index (κ3) is 4.96. The molecule has 0 aromatic heterocycles. The number of para-hydroxylation sites is 1. The van der Waals surface area contributed by atoms with E-state index in [1.165, 1.54) is 0 Å². The van der Waals surface area contributed by atoms with E-state index in [0.29, 0.717) is 12.5 Å². The first-order valence-corrected chi connectivity index (χ1v) is 6.82. The average Bonchev–Trinajstić information content (AvgIpc) is 2.37. The Morgan fingerprint density at radius 3 is 2.63 bits per heavy atom. The predicted octanol–water partition coefficient (Wildman–Crippen LogP) is 3.47. The van der Waals surface area contributed by atoms with Gasteiger partial charge in [0.2, 0.25) is 0 Å². The van der Waals surface area contributed by atoms with E-state index >= 15 is 0 Å². The quantitative estimate of drug-likeness (QED) is 0.757. The molecule has 19 heavy (non-hydrogen) atoms. The summed E-state index contributed by atoms with van der Waals surface area (Å²) < 4.78 is 5.54. The van der Waals surface area contributed by atoms with Gasteiger partial charge in [0, 0.05) is 18.7 Å². The van der Waals surface area contributed by atoms with Crippen LogP contribution in [-0.4, -0.2) is 13.2 Å². The smallest absolute Gasteiger partial charge is 0.148 e. The van der Waals surface area contributed by atoms with Gasteiger partial charge in [-0.1, -0.05) is 51.8 Å². The Balaban J connectivity index is 2.56. The summed E-state index contributed by atoms with van der Waals surface area (Å²) in [5, 5.41) is 3.51. The van der Waals surface area contributed by atoms with E-state index < -0.39 is 0 Å². The molecule has 0 unspecified atom stereocenters. The lowest BCUT2D eigenvalue weighted by molar-refractivity contribution is 0.237. The Hall–Kier alpha value is -1.46. The van der Waals surface area contributed by atoms with Crippen molar-refractivity contribution < 1.29 is 4.74 Å². The van der Waals surface area contributed by atoms with Crippen molar-refractivity contribution in [2.24, 2.45) is 11.3 Å². The van der Waals surface area contributed by atoms with Crippen LogP contribution in [0.25, 0.3) is 0 Å². The van der Waals surface area contributed by atoms with Crippen LogP contribution < -0.4 is 10.1 Å². The maximum Gasteiger partial charge on any atom is 0.148 e. The summed E-state index contributed by atoms with van der Waals surface area (Å²) in [6, 6.07) is 8.02. The molecule has 0 aliphatic carbocycles. The van der Waals surface area contributed by atoms with E-state index in [1.807, 2.05) is 18.2 Å². The maximum atomic E-state index is 5.54. The molecule has 0 atom stereocenters. The third-order valence-electron chi connectivity index (χ3n) is 3.74. The van der Waals surface area contributed by atoms with Gasteiger partial charge in [-0.15, -0.1) is 6.42 Å². The van der Waals surface area contributed by atoms with Crippen molar-refractivity contribution in [1.29, 1.82) is 0 Å². The molecule has 1 aromatic rings. The molecular weight excluding hydrogens is 234 g/mol. The molecule has 0 heterocycles. The number of benzene rings is 1. The lowest BCUT2D eigenvalue weighted by atomic mass is 9.81. The molecule has 1 N–H and O–H groups in total. The van der Waals surface area contributed by atoms with Crippen LogP contribution in [0.2, 0.25) is 0 Å². The van der Waals surface area contributed by atoms with Crippen LogP contribution in [0.3, 0.4) is 0 Å². The second kappa shape index (κ2) is 7.21. The summed E-state index contributed by atoms with van der Waals surface area (Å²) in [4.78, 5) is 0. The van der Waals surface area contributed by atoms with Crippen molar-refractivity contribution in [2.45, 2.75) is 34.2 Å². The Kier molecular flexibility index (Phi) is 5.92. The highest BCUT2D eigenvalue weighted by Gasteiger charge is 2.21. The largest absolute Gasteiger partial charge is 0.481 e. The third-order valence-corrected chi connectivity index (χ3v) is 3.74. The van der Waals surface area contributed by atoms with Gasteiger partial charge in [-0.3, -0.25) is 0 Å². The van der Waals surface area contributed by atoms with Crippen LogP contribution in [-0.2, 0) is 6.54 Å². The molecule has 1 rings (SSSR count). The maximum absolute atomic E-state index is 5.54. The van der Waals surface area contributed by atoms with Crippen molar-refractivity contribution >= 4 is 0 Å². The van der Waals surface area contributed by atoms with Crippen molar-refractivity contribution in [3.63, 3.8) is 0 Å². The molecule has 0 amide bonds. The minimum Gasteiger partial charge on any atom is -0.481 e. The van der Waals surface area contributed by atoms with Gasteiger partial charge in [0.05, 0.1) is 0 Å². The van der Waals surface area contributed by atoms with Gasteiger partial charge in [-0.2, -0.15) is 0 Å². The molecule has 0 saturated carbocycles. The number of rotatable bonds is 7. The standard InChI is InChI=1S/C17H25NO/c1-6-11-19-16-10-8-7-9-15(16)12-18-13-17(4,5)14(2)3/h1,7-10,14,18H,11-13H2,2-5H3. The van der Waals surface area contributed by atoms with Gasteiger partial charge in [0.25, 0.3) is 0 Å². The molecule has 104 valence electrons. The van der Waals surface area contributed by atoms with Gasteiger partial charge in [-0.05, 0) is 17.4 Å². The summed E-state index contributed by atoms with van der Waals surface area (Å²) in [7, 11) is 0. The predicted molar refractivity (Wildman–Crippen MR) is 81.1 cm³/mol. The number of hydrogen-bond acceptors (Lipinski definition) is 2. The van der Waals surface area contributed by atoms with Crippen molar-refractivity contribution in [2.75, 3.05) is 13.2 Å². The Labute approximate surface area is 117 Å². The van der Waals surface area contributed by atoms with E-state index in [4.69, 9.17) is 11.2 Å². The van der Waals surface area contributed by atoms with E-state index in [1.54, 1.807) is 0 Å². The number of hydrogen-bond donors (Lipinski definition) is 1. The molecular formula is C17H25NO. The van der Waals surface area contributed by atoms with E-state index in [-0.39, 0.29) is 5.41 Å². The second-order valence-corrected chi connectivity index (χ2v) is 5.85. The van der Waals surface area contributed by atoms with Gasteiger partial charge >= 0.3 is 0 Å². The van der Waals surface area contributed by atoms with Crippen molar-refractivity contribution in [3.05, 3.63) is 29.8 Å².